The van der Waals surface area contributed by atoms with Gasteiger partial charge in [-0.25, -0.2) is 18.4 Å². The Morgan fingerprint density at radius 3 is 2.52 bits per heavy atom. The summed E-state index contributed by atoms with van der Waals surface area (Å²) in [4.78, 5) is 9.31. The molecule has 0 aliphatic rings. The minimum absolute atomic E-state index is 0.0208. The Kier molecular flexibility index (Phi) is 7.50. The number of rotatable bonds is 9. The molecule has 6 nitrogen and oxygen atoms in total. The molecule has 0 fully saturated rings. The highest BCUT2D eigenvalue weighted by Crippen LogP contribution is 2.28. The van der Waals surface area contributed by atoms with Gasteiger partial charge in [0, 0.05) is 23.7 Å². The van der Waals surface area contributed by atoms with Crippen LogP contribution in [0.4, 0.5) is 5.82 Å². The third-order valence-corrected chi connectivity index (χ3v) is 8.02. The van der Waals surface area contributed by atoms with Crippen molar-refractivity contribution in [3.05, 3.63) is 45.3 Å². The summed E-state index contributed by atoms with van der Waals surface area (Å²) in [5, 5.41) is 0.569. The Hall–Kier alpha value is -1.83. The third-order valence-electron chi connectivity index (χ3n) is 5.50. The Morgan fingerprint density at radius 2 is 1.84 bits per heavy atom. The van der Waals surface area contributed by atoms with Crippen molar-refractivity contribution in [2.45, 2.75) is 64.3 Å². The fourth-order valence-electron chi connectivity index (χ4n) is 3.71. The molecular weight excluding hydrogens is 455 g/mol. The summed E-state index contributed by atoms with van der Waals surface area (Å²) in [7, 11) is -3.48. The molecule has 0 saturated heterocycles. The van der Waals surface area contributed by atoms with Crippen molar-refractivity contribution in [2.75, 3.05) is 11.5 Å². The van der Waals surface area contributed by atoms with Crippen molar-refractivity contribution < 1.29 is 8.42 Å². The molecule has 0 bridgehead atoms. The van der Waals surface area contributed by atoms with E-state index in [0.29, 0.717) is 30.2 Å². The van der Waals surface area contributed by atoms with E-state index >= 15 is 0 Å². The molecule has 0 aliphatic carbocycles. The number of aryl methyl sites for hydroxylation is 4. The lowest BCUT2D eigenvalue weighted by Gasteiger charge is -2.12. The molecule has 0 amide bonds. The number of pyridine rings is 1. The highest BCUT2D eigenvalue weighted by Gasteiger charge is 2.20. The van der Waals surface area contributed by atoms with E-state index < -0.39 is 9.84 Å². The van der Waals surface area contributed by atoms with Gasteiger partial charge >= 0.3 is 0 Å². The number of hydrogen-bond acceptors (Lipinski definition) is 5. The van der Waals surface area contributed by atoms with Crippen LogP contribution in [0.25, 0.3) is 11.0 Å². The number of nitrogens with two attached hydrogens (primary N) is 1. The molecular formula is C22H28Cl2N4O2S. The lowest BCUT2D eigenvalue weighted by Crippen LogP contribution is -2.10. The maximum Gasteiger partial charge on any atom is 0.179 e. The number of benzene rings is 1. The average Bonchev–Trinajstić information content (AvgIpc) is 3.06. The second-order valence-corrected chi connectivity index (χ2v) is 10.7. The van der Waals surface area contributed by atoms with Gasteiger partial charge in [0.2, 0.25) is 0 Å². The lowest BCUT2D eigenvalue weighted by atomic mass is 10.2. The van der Waals surface area contributed by atoms with Gasteiger partial charge in [0.05, 0.1) is 21.2 Å². The summed E-state index contributed by atoms with van der Waals surface area (Å²) in [5.41, 5.74) is 9.82. The lowest BCUT2D eigenvalue weighted by molar-refractivity contribution is 0.577. The maximum atomic E-state index is 12.7. The van der Waals surface area contributed by atoms with Crippen molar-refractivity contribution >= 4 is 49.9 Å². The number of hydrogen-bond donors (Lipinski definition) is 1. The molecule has 31 heavy (non-hydrogen) atoms. The molecule has 3 rings (SSSR count). The SMILES string of the molecule is CCCCc1nc2c(N)nc(C)c(C)c2n1CCCCS(=O)(=O)c1ccc(Cl)cc1Cl. The Balaban J connectivity index is 1.80. The van der Waals surface area contributed by atoms with Gasteiger partial charge in [-0.1, -0.05) is 36.5 Å². The Labute approximate surface area is 193 Å². The number of fused-ring (bicyclic) bond motifs is 1. The van der Waals surface area contributed by atoms with E-state index in [1.54, 1.807) is 6.07 Å². The Morgan fingerprint density at radius 1 is 1.10 bits per heavy atom. The van der Waals surface area contributed by atoms with Gasteiger partial charge in [0.1, 0.15) is 11.3 Å². The van der Waals surface area contributed by atoms with Gasteiger partial charge in [0.15, 0.2) is 15.7 Å². The van der Waals surface area contributed by atoms with Gasteiger partial charge < -0.3 is 10.3 Å². The van der Waals surface area contributed by atoms with Crippen LogP contribution in [-0.2, 0) is 22.8 Å². The number of sulfone groups is 1. The van der Waals surface area contributed by atoms with E-state index in [1.165, 1.54) is 12.1 Å². The smallest absolute Gasteiger partial charge is 0.179 e. The number of imidazole rings is 1. The van der Waals surface area contributed by atoms with Gasteiger partial charge in [0.25, 0.3) is 0 Å². The first-order valence-corrected chi connectivity index (χ1v) is 12.9. The van der Waals surface area contributed by atoms with E-state index in [4.69, 9.17) is 33.9 Å². The average molecular weight is 483 g/mol. The first kappa shape index (κ1) is 23.8. The number of anilines is 1. The van der Waals surface area contributed by atoms with Crippen LogP contribution in [0.1, 0.15) is 49.7 Å². The van der Waals surface area contributed by atoms with Gasteiger partial charge in [-0.05, 0) is 56.9 Å². The van der Waals surface area contributed by atoms with E-state index in [2.05, 4.69) is 16.5 Å². The molecule has 2 heterocycles. The van der Waals surface area contributed by atoms with Crippen LogP contribution in [0.2, 0.25) is 10.0 Å². The predicted octanol–water partition coefficient (Wildman–Crippen LogP) is 5.53. The van der Waals surface area contributed by atoms with E-state index in [-0.39, 0.29) is 15.7 Å². The van der Waals surface area contributed by atoms with E-state index in [1.807, 2.05) is 13.8 Å². The predicted molar refractivity (Wildman–Crippen MR) is 128 cm³/mol. The van der Waals surface area contributed by atoms with Gasteiger partial charge in [-0.2, -0.15) is 0 Å². The second-order valence-electron chi connectivity index (χ2n) is 7.79. The second kappa shape index (κ2) is 9.76. The molecule has 3 aromatic rings. The van der Waals surface area contributed by atoms with Crippen LogP contribution in [0.5, 0.6) is 0 Å². The monoisotopic (exact) mass is 482 g/mol. The van der Waals surface area contributed by atoms with Gasteiger partial charge in [-0.15, -0.1) is 0 Å². The zero-order valence-electron chi connectivity index (χ0n) is 18.1. The van der Waals surface area contributed by atoms with Crippen molar-refractivity contribution in [1.29, 1.82) is 0 Å². The molecule has 0 saturated carbocycles. The standard InChI is InChI=1S/C22H28Cl2N4O2S/c1-4-5-8-19-27-20-21(14(2)15(3)26-22(20)25)28(19)11-6-7-12-31(29,30)18-10-9-16(23)13-17(18)24/h9-10,13H,4-8,11-12H2,1-3H3,(H2,25,26). The summed E-state index contributed by atoms with van der Waals surface area (Å²) in [6.07, 6.45) is 4.14. The van der Waals surface area contributed by atoms with Crippen molar-refractivity contribution in [3.8, 4) is 0 Å². The van der Waals surface area contributed by atoms with E-state index in [0.717, 1.165) is 47.4 Å². The molecule has 9 heteroatoms. The molecule has 2 N–H and O–H groups in total. The molecule has 2 aromatic heterocycles. The first-order valence-electron chi connectivity index (χ1n) is 10.4. The van der Waals surface area contributed by atoms with Crippen LogP contribution in [-0.4, -0.2) is 28.7 Å². The van der Waals surface area contributed by atoms with E-state index in [9.17, 15) is 8.42 Å². The van der Waals surface area contributed by atoms with Crippen LogP contribution >= 0.6 is 23.2 Å². The number of aromatic nitrogens is 3. The topological polar surface area (TPSA) is 90.9 Å². The van der Waals surface area contributed by atoms with Crippen molar-refractivity contribution in [1.82, 2.24) is 14.5 Å². The molecule has 1 aromatic carbocycles. The summed E-state index contributed by atoms with van der Waals surface area (Å²) < 4.78 is 27.6. The zero-order valence-corrected chi connectivity index (χ0v) is 20.4. The van der Waals surface area contributed by atoms with Crippen molar-refractivity contribution in [2.24, 2.45) is 0 Å². The summed E-state index contributed by atoms with van der Waals surface area (Å²) in [6, 6.07) is 4.47. The molecule has 0 unspecified atom stereocenters. The van der Waals surface area contributed by atoms with Crippen LogP contribution < -0.4 is 5.73 Å². The largest absolute Gasteiger partial charge is 0.382 e. The number of halogens is 2. The third kappa shape index (κ3) is 5.16. The summed E-state index contributed by atoms with van der Waals surface area (Å²) in [6.45, 7) is 6.78. The molecule has 168 valence electrons. The number of nitrogen functional groups attached to an aromatic ring is 1. The number of nitrogens with zero attached hydrogens (tertiary/aromatic N) is 3. The van der Waals surface area contributed by atoms with Crippen LogP contribution in [0.15, 0.2) is 23.1 Å². The minimum atomic E-state index is -3.48. The fraction of sp³-hybridized carbons (Fsp3) is 0.455. The minimum Gasteiger partial charge on any atom is -0.382 e. The van der Waals surface area contributed by atoms with Crippen molar-refractivity contribution in [3.63, 3.8) is 0 Å². The van der Waals surface area contributed by atoms with Crippen LogP contribution in [0.3, 0.4) is 0 Å². The molecule has 0 atom stereocenters. The molecule has 0 aliphatic heterocycles. The molecule has 0 radical (unpaired) electrons. The highest BCUT2D eigenvalue weighted by molar-refractivity contribution is 7.91. The van der Waals surface area contributed by atoms with Crippen LogP contribution in [0, 0.1) is 13.8 Å². The fourth-order valence-corrected chi connectivity index (χ4v) is 5.91. The summed E-state index contributed by atoms with van der Waals surface area (Å²) in [5.74, 6) is 1.43. The first-order chi connectivity index (χ1) is 14.7. The maximum absolute atomic E-state index is 12.7. The quantitative estimate of drug-likeness (QED) is 0.404. The summed E-state index contributed by atoms with van der Waals surface area (Å²) >= 11 is 12.0. The highest BCUT2D eigenvalue weighted by atomic mass is 35.5. The Bertz CT molecular complexity index is 1210. The van der Waals surface area contributed by atoms with Gasteiger partial charge in [-0.3, -0.25) is 0 Å². The number of unbranched alkanes of at least 4 members (excludes halogenated alkanes) is 2. The normalized spacial score (nSPS) is 12.0. The zero-order chi connectivity index (χ0) is 22.8. The molecule has 0 spiro atoms.